The highest BCUT2D eigenvalue weighted by molar-refractivity contribution is 5.67. The molecule has 1 saturated carbocycles. The first-order valence-electron chi connectivity index (χ1n) is 8.54. The number of amides is 1. The van der Waals surface area contributed by atoms with Gasteiger partial charge in [0.1, 0.15) is 18.8 Å². The molecule has 1 heterocycles. The SMILES string of the molecule is CC1(C)O[C@@H]2[C@H](O1)C(OCCO)C[C@H]2NC(=O)OCc1ccccc1. The molecule has 3 rings (SSSR count). The van der Waals surface area contributed by atoms with E-state index < -0.39 is 11.9 Å². The molecule has 4 atom stereocenters. The first-order chi connectivity index (χ1) is 12.0. The van der Waals surface area contributed by atoms with Crippen LogP contribution in [0.3, 0.4) is 0 Å². The van der Waals surface area contributed by atoms with Crippen molar-refractivity contribution in [1.82, 2.24) is 5.32 Å². The van der Waals surface area contributed by atoms with E-state index in [2.05, 4.69) is 5.32 Å². The molecule has 7 heteroatoms. The molecule has 0 spiro atoms. The summed E-state index contributed by atoms with van der Waals surface area (Å²) in [6.07, 6.45) is -0.766. The Hall–Kier alpha value is -1.67. The maximum atomic E-state index is 12.1. The number of fused-ring (bicyclic) bond motifs is 1. The van der Waals surface area contributed by atoms with E-state index >= 15 is 0 Å². The Labute approximate surface area is 147 Å². The molecule has 2 aliphatic rings. The average Bonchev–Trinajstić information content (AvgIpc) is 3.06. The number of hydrogen-bond donors (Lipinski definition) is 2. The number of aliphatic hydroxyl groups is 1. The van der Waals surface area contributed by atoms with Gasteiger partial charge >= 0.3 is 6.09 Å². The number of ether oxygens (including phenoxy) is 4. The molecule has 2 fully saturated rings. The molecule has 1 aliphatic heterocycles. The minimum atomic E-state index is -0.732. The molecule has 0 radical (unpaired) electrons. The number of nitrogens with one attached hydrogen (secondary N) is 1. The van der Waals surface area contributed by atoms with Gasteiger partial charge in [0, 0.05) is 0 Å². The van der Waals surface area contributed by atoms with Gasteiger partial charge in [-0.3, -0.25) is 0 Å². The van der Waals surface area contributed by atoms with Crippen LogP contribution in [0.15, 0.2) is 30.3 Å². The van der Waals surface area contributed by atoms with Crippen molar-refractivity contribution in [3.05, 3.63) is 35.9 Å². The quantitative estimate of drug-likeness (QED) is 0.809. The van der Waals surface area contributed by atoms with Crippen molar-refractivity contribution >= 4 is 6.09 Å². The second-order valence-corrected chi connectivity index (χ2v) is 6.75. The third-order valence-corrected chi connectivity index (χ3v) is 4.35. The molecule has 1 amide bonds. The van der Waals surface area contributed by atoms with Gasteiger partial charge in [-0.25, -0.2) is 4.79 Å². The van der Waals surface area contributed by atoms with E-state index in [0.29, 0.717) is 6.42 Å². The summed E-state index contributed by atoms with van der Waals surface area (Å²) in [4.78, 5) is 12.1. The van der Waals surface area contributed by atoms with E-state index in [9.17, 15) is 4.79 Å². The zero-order valence-electron chi connectivity index (χ0n) is 14.5. The van der Waals surface area contributed by atoms with Gasteiger partial charge in [0.15, 0.2) is 5.79 Å². The minimum absolute atomic E-state index is 0.0602. The van der Waals surface area contributed by atoms with Gasteiger partial charge in [-0.15, -0.1) is 0 Å². The van der Waals surface area contributed by atoms with Crippen LogP contribution in [0.5, 0.6) is 0 Å². The molecule has 7 nitrogen and oxygen atoms in total. The summed E-state index contributed by atoms with van der Waals surface area (Å²) in [6, 6.07) is 9.23. The van der Waals surface area contributed by atoms with E-state index in [0.717, 1.165) is 5.56 Å². The fourth-order valence-electron chi connectivity index (χ4n) is 3.36. The van der Waals surface area contributed by atoms with Gasteiger partial charge in [0.05, 0.1) is 25.4 Å². The van der Waals surface area contributed by atoms with E-state index in [1.54, 1.807) is 0 Å². The molecule has 1 saturated heterocycles. The number of carbonyl (C=O) groups excluding carboxylic acids is 1. The van der Waals surface area contributed by atoms with Crippen molar-refractivity contribution < 1.29 is 28.8 Å². The lowest BCUT2D eigenvalue weighted by Gasteiger charge is -2.23. The summed E-state index contributed by atoms with van der Waals surface area (Å²) in [5.74, 6) is -0.732. The molecule has 138 valence electrons. The zero-order chi connectivity index (χ0) is 17.9. The highest BCUT2D eigenvalue weighted by Gasteiger charge is 2.55. The van der Waals surface area contributed by atoms with E-state index in [4.69, 9.17) is 24.1 Å². The fourth-order valence-corrected chi connectivity index (χ4v) is 3.36. The van der Waals surface area contributed by atoms with Crippen LogP contribution in [0, 0.1) is 0 Å². The number of benzene rings is 1. The van der Waals surface area contributed by atoms with Gasteiger partial charge in [-0.1, -0.05) is 30.3 Å². The molecule has 1 aliphatic carbocycles. The van der Waals surface area contributed by atoms with E-state index in [1.165, 1.54) is 0 Å². The summed E-state index contributed by atoms with van der Waals surface area (Å²) in [5.41, 5.74) is 0.924. The maximum absolute atomic E-state index is 12.1. The molecule has 0 bridgehead atoms. The Kier molecular flexibility index (Phi) is 5.58. The third-order valence-electron chi connectivity index (χ3n) is 4.35. The van der Waals surface area contributed by atoms with Crippen LogP contribution in [0.2, 0.25) is 0 Å². The molecular formula is C18H25NO6. The van der Waals surface area contributed by atoms with Crippen molar-refractivity contribution in [1.29, 1.82) is 0 Å². The number of carbonyl (C=O) groups is 1. The molecule has 1 aromatic carbocycles. The van der Waals surface area contributed by atoms with Crippen LogP contribution in [0.25, 0.3) is 0 Å². The standard InChI is InChI=1S/C18H25NO6/c1-18(2)24-15-13(10-14(16(15)25-18)22-9-8-20)19-17(21)23-11-12-6-4-3-5-7-12/h3-7,13-16,20H,8-11H2,1-2H3,(H,19,21)/t13-,14?,15+,16-/m1/s1. The second-order valence-electron chi connectivity index (χ2n) is 6.75. The van der Waals surface area contributed by atoms with Crippen LogP contribution < -0.4 is 5.32 Å². The third kappa shape index (κ3) is 4.49. The number of rotatable bonds is 6. The minimum Gasteiger partial charge on any atom is -0.445 e. The maximum Gasteiger partial charge on any atom is 0.407 e. The van der Waals surface area contributed by atoms with Gasteiger partial charge in [0.2, 0.25) is 0 Å². The lowest BCUT2D eigenvalue weighted by molar-refractivity contribution is -0.169. The first kappa shape index (κ1) is 18.1. The van der Waals surface area contributed by atoms with Crippen LogP contribution in [-0.2, 0) is 25.6 Å². The predicted octanol–water partition coefficient (Wildman–Crippen LogP) is 1.58. The van der Waals surface area contributed by atoms with Gasteiger partial charge in [-0.2, -0.15) is 0 Å². The first-order valence-corrected chi connectivity index (χ1v) is 8.54. The molecule has 0 aromatic heterocycles. The molecule has 25 heavy (non-hydrogen) atoms. The summed E-state index contributed by atoms with van der Waals surface area (Å²) < 4.78 is 22.8. The van der Waals surface area contributed by atoms with Crippen LogP contribution in [-0.4, -0.2) is 54.6 Å². The summed E-state index contributed by atoms with van der Waals surface area (Å²) >= 11 is 0. The summed E-state index contributed by atoms with van der Waals surface area (Å²) in [7, 11) is 0. The number of aliphatic hydroxyl groups excluding tert-OH is 1. The topological polar surface area (TPSA) is 86.3 Å². The summed E-state index contributed by atoms with van der Waals surface area (Å²) in [6.45, 7) is 4.04. The van der Waals surface area contributed by atoms with Gasteiger partial charge < -0.3 is 29.4 Å². The van der Waals surface area contributed by atoms with Gasteiger partial charge in [0.25, 0.3) is 0 Å². The van der Waals surface area contributed by atoms with Crippen molar-refractivity contribution in [3.8, 4) is 0 Å². The van der Waals surface area contributed by atoms with Gasteiger partial charge in [-0.05, 0) is 25.8 Å². The molecule has 2 N–H and O–H groups in total. The van der Waals surface area contributed by atoms with E-state index in [1.807, 2.05) is 44.2 Å². The second kappa shape index (κ2) is 7.70. The Morgan fingerprint density at radius 2 is 2.00 bits per heavy atom. The zero-order valence-corrected chi connectivity index (χ0v) is 14.5. The van der Waals surface area contributed by atoms with Crippen molar-refractivity contribution in [2.75, 3.05) is 13.2 Å². The predicted molar refractivity (Wildman–Crippen MR) is 88.8 cm³/mol. The monoisotopic (exact) mass is 351 g/mol. The lowest BCUT2D eigenvalue weighted by Crippen LogP contribution is -2.43. The highest BCUT2D eigenvalue weighted by Crippen LogP contribution is 2.39. The highest BCUT2D eigenvalue weighted by atomic mass is 16.8. The van der Waals surface area contributed by atoms with Crippen LogP contribution in [0.4, 0.5) is 4.79 Å². The van der Waals surface area contributed by atoms with Crippen molar-refractivity contribution in [3.63, 3.8) is 0 Å². The Morgan fingerprint density at radius 1 is 1.28 bits per heavy atom. The lowest BCUT2D eigenvalue weighted by atomic mass is 10.2. The van der Waals surface area contributed by atoms with Crippen LogP contribution in [0.1, 0.15) is 25.8 Å². The Balaban J connectivity index is 1.56. The van der Waals surface area contributed by atoms with Crippen molar-refractivity contribution in [2.45, 2.75) is 57.0 Å². The normalized spacial score (nSPS) is 30.0. The average molecular weight is 351 g/mol. The molecular weight excluding hydrogens is 326 g/mol. The molecule has 1 unspecified atom stereocenters. The summed E-state index contributed by atoms with van der Waals surface area (Å²) in [5, 5.41) is 11.8. The largest absolute Gasteiger partial charge is 0.445 e. The number of alkyl carbamates (subject to hydrolysis) is 1. The molecule has 1 aromatic rings. The van der Waals surface area contributed by atoms with E-state index in [-0.39, 0.29) is 44.2 Å². The number of hydrogen-bond acceptors (Lipinski definition) is 6. The van der Waals surface area contributed by atoms with Crippen molar-refractivity contribution in [2.24, 2.45) is 0 Å². The van der Waals surface area contributed by atoms with Crippen LogP contribution >= 0.6 is 0 Å². The Morgan fingerprint density at radius 3 is 2.72 bits per heavy atom. The fraction of sp³-hybridized carbons (Fsp3) is 0.611. The Bertz CT molecular complexity index is 578. The smallest absolute Gasteiger partial charge is 0.407 e.